The first-order valence-corrected chi connectivity index (χ1v) is 11.2. The molecule has 0 radical (unpaired) electrons. The van der Waals surface area contributed by atoms with Gasteiger partial charge in [0.25, 0.3) is 0 Å². The summed E-state index contributed by atoms with van der Waals surface area (Å²) in [4.78, 5) is 12.0. The molecule has 0 fully saturated rings. The average molecular weight is 409 g/mol. The second-order valence-corrected chi connectivity index (χ2v) is 8.03. The molecule has 3 heteroatoms. The lowest BCUT2D eigenvalue weighted by molar-refractivity contribution is -0.159. The number of esters is 1. The Morgan fingerprint density at radius 2 is 1.40 bits per heavy atom. The van der Waals surface area contributed by atoms with Crippen LogP contribution in [-0.4, -0.2) is 12.3 Å². The first kappa shape index (κ1) is 23.7. The van der Waals surface area contributed by atoms with Crippen molar-refractivity contribution in [2.24, 2.45) is 0 Å². The fourth-order valence-corrected chi connectivity index (χ4v) is 3.25. The van der Waals surface area contributed by atoms with Gasteiger partial charge in [-0.25, -0.2) is 4.79 Å². The zero-order chi connectivity index (χ0) is 21.8. The van der Waals surface area contributed by atoms with Gasteiger partial charge in [-0.15, -0.1) is 0 Å². The fourth-order valence-electron chi connectivity index (χ4n) is 3.25. The van der Waals surface area contributed by atoms with Crippen molar-refractivity contribution in [2.45, 2.75) is 78.4 Å². The molecule has 0 bridgehead atoms. The molecule has 30 heavy (non-hydrogen) atoms. The minimum atomic E-state index is -0.588. The Labute approximate surface area is 182 Å². The van der Waals surface area contributed by atoms with Crippen molar-refractivity contribution < 1.29 is 14.3 Å². The molecule has 162 valence electrons. The lowest BCUT2D eigenvalue weighted by Crippen LogP contribution is -2.24. The van der Waals surface area contributed by atoms with Crippen molar-refractivity contribution in [3.63, 3.8) is 0 Å². The molecule has 0 N–H and O–H groups in total. The third-order valence-corrected chi connectivity index (χ3v) is 5.14. The van der Waals surface area contributed by atoms with Crippen LogP contribution in [-0.2, 0) is 9.53 Å². The molecule has 2 aromatic carbocycles. The van der Waals surface area contributed by atoms with Crippen molar-refractivity contribution in [1.82, 2.24) is 0 Å². The van der Waals surface area contributed by atoms with Gasteiger partial charge in [0.1, 0.15) is 5.75 Å². The van der Waals surface area contributed by atoms with Crippen LogP contribution in [0.3, 0.4) is 0 Å². The monoisotopic (exact) mass is 408 g/mol. The predicted molar refractivity (Wildman–Crippen MR) is 125 cm³/mol. The van der Waals surface area contributed by atoms with Gasteiger partial charge in [0.05, 0.1) is 0 Å². The van der Waals surface area contributed by atoms with Gasteiger partial charge in [-0.2, -0.15) is 0 Å². The summed E-state index contributed by atoms with van der Waals surface area (Å²) in [5, 5.41) is 0. The van der Waals surface area contributed by atoms with E-state index in [9.17, 15) is 4.79 Å². The number of carbonyl (C=O) groups is 1. The molecule has 0 saturated carbocycles. The molecule has 1 atom stereocenters. The summed E-state index contributed by atoms with van der Waals surface area (Å²) in [6, 6.07) is 16.4. The first-order chi connectivity index (χ1) is 14.5. The van der Waals surface area contributed by atoms with Crippen LogP contribution in [0.15, 0.2) is 60.7 Å². The Morgan fingerprint density at radius 1 is 0.867 bits per heavy atom. The van der Waals surface area contributed by atoms with Crippen LogP contribution in [0, 0.1) is 6.92 Å². The van der Waals surface area contributed by atoms with Gasteiger partial charge < -0.3 is 9.47 Å². The minimum Gasteiger partial charge on any atom is -0.455 e. The molecule has 3 nitrogen and oxygen atoms in total. The van der Waals surface area contributed by atoms with Gasteiger partial charge in [0.15, 0.2) is 0 Å². The molecule has 0 aliphatic rings. The number of hydrogen-bond donors (Lipinski definition) is 0. The van der Waals surface area contributed by atoms with Gasteiger partial charge in [0, 0.05) is 12.0 Å². The van der Waals surface area contributed by atoms with E-state index in [1.807, 2.05) is 24.3 Å². The van der Waals surface area contributed by atoms with Crippen LogP contribution >= 0.6 is 0 Å². The number of ether oxygens (including phenoxy) is 2. The molecule has 0 aromatic heterocycles. The Kier molecular flexibility index (Phi) is 10.2. The zero-order valence-corrected chi connectivity index (χ0v) is 18.8. The number of benzene rings is 2. The molecule has 1 unspecified atom stereocenters. The highest BCUT2D eigenvalue weighted by Crippen LogP contribution is 2.24. The SMILES string of the molecule is C=C(C)C(=O)OC(CCCCCCCCC)Oc1ccc(-c2ccc(C)cc2)cc1. The van der Waals surface area contributed by atoms with Crippen molar-refractivity contribution in [1.29, 1.82) is 0 Å². The molecule has 0 spiro atoms. The van der Waals surface area contributed by atoms with Crippen molar-refractivity contribution in [3.05, 3.63) is 66.2 Å². The topological polar surface area (TPSA) is 35.5 Å². The second kappa shape index (κ2) is 12.9. The van der Waals surface area contributed by atoms with Crippen molar-refractivity contribution >= 4 is 5.97 Å². The maximum atomic E-state index is 12.0. The first-order valence-electron chi connectivity index (χ1n) is 11.2. The van der Waals surface area contributed by atoms with Gasteiger partial charge in [-0.3, -0.25) is 0 Å². The lowest BCUT2D eigenvalue weighted by atomic mass is 10.0. The van der Waals surface area contributed by atoms with Gasteiger partial charge in [0.2, 0.25) is 6.29 Å². The van der Waals surface area contributed by atoms with Gasteiger partial charge in [-0.1, -0.05) is 94.0 Å². The van der Waals surface area contributed by atoms with Gasteiger partial charge >= 0.3 is 5.97 Å². The van der Waals surface area contributed by atoms with Crippen LogP contribution in [0.1, 0.15) is 70.8 Å². The molecular weight excluding hydrogens is 372 g/mol. The van der Waals surface area contributed by atoms with E-state index in [0.29, 0.717) is 17.7 Å². The van der Waals surface area contributed by atoms with Crippen LogP contribution in [0.5, 0.6) is 5.75 Å². The fraction of sp³-hybridized carbons (Fsp3) is 0.444. The van der Waals surface area contributed by atoms with Crippen LogP contribution in [0.2, 0.25) is 0 Å². The van der Waals surface area contributed by atoms with Gasteiger partial charge in [-0.05, 0) is 43.5 Å². The Hall–Kier alpha value is -2.55. The summed E-state index contributed by atoms with van der Waals surface area (Å²) in [6.07, 6.45) is 8.55. The maximum Gasteiger partial charge on any atom is 0.336 e. The highest BCUT2D eigenvalue weighted by Gasteiger charge is 2.16. The normalized spacial score (nSPS) is 11.7. The van der Waals surface area contributed by atoms with E-state index in [-0.39, 0.29) is 0 Å². The molecule has 2 rings (SSSR count). The molecule has 0 heterocycles. The summed E-state index contributed by atoms with van der Waals surface area (Å²) in [5.41, 5.74) is 3.93. The molecular formula is C27H36O3. The highest BCUT2D eigenvalue weighted by molar-refractivity contribution is 5.87. The van der Waals surface area contributed by atoms with E-state index in [2.05, 4.69) is 44.7 Å². The number of hydrogen-bond acceptors (Lipinski definition) is 3. The Morgan fingerprint density at radius 3 is 1.97 bits per heavy atom. The average Bonchev–Trinajstić information content (AvgIpc) is 2.74. The third-order valence-electron chi connectivity index (χ3n) is 5.14. The predicted octanol–water partition coefficient (Wildman–Crippen LogP) is 7.63. The third kappa shape index (κ3) is 8.44. The maximum absolute atomic E-state index is 12.0. The molecule has 0 saturated heterocycles. The summed E-state index contributed by atoms with van der Waals surface area (Å²) < 4.78 is 11.5. The summed E-state index contributed by atoms with van der Waals surface area (Å²) in [5.74, 6) is 0.299. The van der Waals surface area contributed by atoms with Crippen molar-refractivity contribution in [2.75, 3.05) is 0 Å². The van der Waals surface area contributed by atoms with E-state index in [1.165, 1.54) is 43.2 Å². The number of aryl methyl sites for hydroxylation is 1. The molecule has 0 amide bonds. The minimum absolute atomic E-state index is 0.387. The molecule has 0 aliphatic carbocycles. The lowest BCUT2D eigenvalue weighted by Gasteiger charge is -2.20. The highest BCUT2D eigenvalue weighted by atomic mass is 16.7. The van der Waals surface area contributed by atoms with Crippen LogP contribution in [0.25, 0.3) is 11.1 Å². The van der Waals surface area contributed by atoms with E-state index < -0.39 is 12.3 Å². The summed E-state index contributed by atoms with van der Waals surface area (Å²) >= 11 is 0. The molecule has 2 aromatic rings. The van der Waals surface area contributed by atoms with E-state index >= 15 is 0 Å². The van der Waals surface area contributed by atoms with Crippen LogP contribution < -0.4 is 4.74 Å². The van der Waals surface area contributed by atoms with E-state index in [4.69, 9.17) is 9.47 Å². The molecule has 0 aliphatic heterocycles. The largest absolute Gasteiger partial charge is 0.455 e. The number of rotatable bonds is 13. The zero-order valence-electron chi connectivity index (χ0n) is 18.8. The Balaban J connectivity index is 1.92. The van der Waals surface area contributed by atoms with Crippen molar-refractivity contribution in [3.8, 4) is 16.9 Å². The van der Waals surface area contributed by atoms with E-state index in [0.717, 1.165) is 18.4 Å². The van der Waals surface area contributed by atoms with E-state index in [1.54, 1.807) is 6.92 Å². The second-order valence-electron chi connectivity index (χ2n) is 8.03. The number of carbonyl (C=O) groups excluding carboxylic acids is 1. The quantitative estimate of drug-likeness (QED) is 0.148. The standard InChI is InChI=1S/C27H36O3/c1-5-6-7-8-9-10-11-12-26(30-27(28)21(2)3)29-25-19-17-24(18-20-25)23-15-13-22(4)14-16-23/h13-20,26H,2,5-12H2,1,3-4H3. The summed E-state index contributed by atoms with van der Waals surface area (Å²) in [6.45, 7) is 9.64. The smallest absolute Gasteiger partial charge is 0.336 e. The summed E-state index contributed by atoms with van der Waals surface area (Å²) in [7, 11) is 0. The van der Waals surface area contributed by atoms with Crippen LogP contribution in [0.4, 0.5) is 0 Å². The Bertz CT molecular complexity index is 775. The number of unbranched alkanes of at least 4 members (excludes halogenated alkanes) is 6.